The summed E-state index contributed by atoms with van der Waals surface area (Å²) in [5.41, 5.74) is -0.463. The summed E-state index contributed by atoms with van der Waals surface area (Å²) < 4.78 is 11.3. The van der Waals surface area contributed by atoms with Gasteiger partial charge < -0.3 is 14.6 Å². The van der Waals surface area contributed by atoms with Crippen molar-refractivity contribution >= 4 is 11.6 Å². The number of hydrogen-bond donors (Lipinski definition) is 1. The van der Waals surface area contributed by atoms with Gasteiger partial charge in [0, 0.05) is 23.7 Å². The van der Waals surface area contributed by atoms with Crippen molar-refractivity contribution in [3.63, 3.8) is 0 Å². The molecule has 9 atom stereocenters. The summed E-state index contributed by atoms with van der Waals surface area (Å²) >= 11 is 0. The van der Waals surface area contributed by atoms with Crippen LogP contribution in [0.15, 0.2) is 0 Å². The van der Waals surface area contributed by atoms with Crippen LogP contribution < -0.4 is 0 Å². The molecule has 27 heavy (non-hydrogen) atoms. The Morgan fingerprint density at radius 3 is 2.78 bits per heavy atom. The van der Waals surface area contributed by atoms with E-state index >= 15 is 0 Å². The molecule has 5 aliphatic rings. The molecule has 1 heterocycles. The second-order valence-corrected chi connectivity index (χ2v) is 10.3. The van der Waals surface area contributed by atoms with Crippen LogP contribution in [0.1, 0.15) is 52.4 Å². The average molecular weight is 376 g/mol. The molecular weight excluding hydrogens is 344 g/mol. The Labute approximate surface area is 161 Å². The monoisotopic (exact) mass is 376 g/mol. The van der Waals surface area contributed by atoms with E-state index in [1.54, 1.807) is 0 Å². The number of ketones is 2. The Morgan fingerprint density at radius 1 is 1.19 bits per heavy atom. The second kappa shape index (κ2) is 6.11. The normalized spacial score (nSPS) is 53.4. The van der Waals surface area contributed by atoms with E-state index in [1.165, 1.54) is 6.42 Å². The van der Waals surface area contributed by atoms with Crippen molar-refractivity contribution in [2.45, 2.75) is 64.6 Å². The number of fused-ring (bicyclic) bond motifs is 6. The van der Waals surface area contributed by atoms with Crippen molar-refractivity contribution in [3.05, 3.63) is 0 Å². The molecule has 150 valence electrons. The van der Waals surface area contributed by atoms with Crippen molar-refractivity contribution in [2.75, 3.05) is 19.8 Å². The van der Waals surface area contributed by atoms with Crippen LogP contribution >= 0.6 is 0 Å². The quantitative estimate of drug-likeness (QED) is 0.602. The highest BCUT2D eigenvalue weighted by molar-refractivity contribution is 5.96. The van der Waals surface area contributed by atoms with E-state index in [2.05, 4.69) is 6.92 Å². The summed E-state index contributed by atoms with van der Waals surface area (Å²) in [6.45, 7) is 5.02. The Kier molecular flexibility index (Phi) is 4.13. The smallest absolute Gasteiger partial charge is 0.144 e. The van der Waals surface area contributed by atoms with E-state index in [0.29, 0.717) is 48.8 Å². The first-order valence-electron chi connectivity index (χ1n) is 10.8. The number of Topliss-reactive ketones (excluding diaryl/α,β-unsaturated/α-hetero) is 2. The van der Waals surface area contributed by atoms with Gasteiger partial charge in [-0.1, -0.05) is 13.8 Å². The molecule has 0 aromatic carbocycles. The summed E-state index contributed by atoms with van der Waals surface area (Å²) in [5.74, 6) is 1.76. The fraction of sp³-hybridized carbons (Fsp3) is 0.909. The molecule has 5 heteroatoms. The molecule has 0 radical (unpaired) electrons. The molecule has 5 fully saturated rings. The highest BCUT2D eigenvalue weighted by Gasteiger charge is 2.67. The van der Waals surface area contributed by atoms with Crippen molar-refractivity contribution in [3.8, 4) is 0 Å². The molecule has 1 saturated heterocycles. The Morgan fingerprint density at radius 2 is 2.00 bits per heavy atom. The minimum Gasteiger partial charge on any atom is -0.394 e. The molecule has 1 unspecified atom stereocenters. The molecule has 0 amide bonds. The van der Waals surface area contributed by atoms with Crippen LogP contribution in [0.5, 0.6) is 0 Å². The molecule has 5 rings (SSSR count). The van der Waals surface area contributed by atoms with E-state index in [-0.39, 0.29) is 36.2 Å². The molecule has 5 nitrogen and oxygen atoms in total. The maximum atomic E-state index is 13.4. The van der Waals surface area contributed by atoms with E-state index in [1.807, 2.05) is 6.92 Å². The molecule has 4 aliphatic carbocycles. The standard InChI is InChI=1S/C22H32O5/c1-21-10-18-17(27-18)8-13(21)3-4-14-15-7-12(11-26-6-5-23)20(25)22(15,2)9-16(24)19(14)21/h12-15,17-19,23H,3-11H2,1-2H3/t12?,13-,14-,15-,17-,18+,19+,21-,22-/m0/s1. The van der Waals surface area contributed by atoms with Gasteiger partial charge in [-0.05, 0) is 55.3 Å². The minimum absolute atomic E-state index is 0.0191. The maximum absolute atomic E-state index is 13.4. The molecule has 0 bridgehead atoms. The lowest BCUT2D eigenvalue weighted by molar-refractivity contribution is -0.158. The maximum Gasteiger partial charge on any atom is 0.144 e. The van der Waals surface area contributed by atoms with E-state index in [4.69, 9.17) is 14.6 Å². The summed E-state index contributed by atoms with van der Waals surface area (Å²) in [4.78, 5) is 26.6. The molecule has 4 saturated carbocycles. The topological polar surface area (TPSA) is 76.1 Å². The van der Waals surface area contributed by atoms with Gasteiger partial charge in [0.1, 0.15) is 11.6 Å². The number of aliphatic hydroxyl groups is 1. The second-order valence-electron chi connectivity index (χ2n) is 10.3. The van der Waals surface area contributed by atoms with Gasteiger partial charge in [0.25, 0.3) is 0 Å². The van der Waals surface area contributed by atoms with Gasteiger partial charge in [-0.2, -0.15) is 0 Å². The molecule has 0 aromatic rings. The van der Waals surface area contributed by atoms with E-state index in [0.717, 1.165) is 25.7 Å². The first kappa shape index (κ1) is 18.3. The summed E-state index contributed by atoms with van der Waals surface area (Å²) in [7, 11) is 0. The van der Waals surface area contributed by atoms with Gasteiger partial charge in [0.2, 0.25) is 0 Å². The fourth-order valence-electron chi connectivity index (χ4n) is 7.73. The molecule has 0 spiro atoms. The van der Waals surface area contributed by atoms with Crippen molar-refractivity contribution in [1.82, 2.24) is 0 Å². The van der Waals surface area contributed by atoms with Gasteiger partial charge >= 0.3 is 0 Å². The average Bonchev–Trinajstić information content (AvgIpc) is 3.31. The molecular formula is C22H32O5. The number of epoxide rings is 1. The minimum atomic E-state index is -0.512. The van der Waals surface area contributed by atoms with Crippen LogP contribution in [0.25, 0.3) is 0 Å². The van der Waals surface area contributed by atoms with Crippen LogP contribution in [0.2, 0.25) is 0 Å². The third kappa shape index (κ3) is 2.54. The molecule has 0 aromatic heterocycles. The number of ether oxygens (including phenoxy) is 2. The van der Waals surface area contributed by atoms with Gasteiger partial charge in [0.15, 0.2) is 0 Å². The summed E-state index contributed by atoms with van der Waals surface area (Å²) in [5, 5.41) is 8.95. The predicted molar refractivity (Wildman–Crippen MR) is 97.9 cm³/mol. The van der Waals surface area contributed by atoms with E-state index in [9.17, 15) is 9.59 Å². The van der Waals surface area contributed by atoms with Gasteiger partial charge in [-0.25, -0.2) is 0 Å². The van der Waals surface area contributed by atoms with Gasteiger partial charge in [-0.15, -0.1) is 0 Å². The lowest BCUT2D eigenvalue weighted by atomic mass is 9.45. The zero-order valence-corrected chi connectivity index (χ0v) is 16.5. The Balaban J connectivity index is 1.42. The van der Waals surface area contributed by atoms with Crippen LogP contribution in [0.4, 0.5) is 0 Å². The lowest BCUT2D eigenvalue weighted by Crippen LogP contribution is -2.57. The zero-order chi connectivity index (χ0) is 19.0. The number of aliphatic hydroxyl groups excluding tert-OH is 1. The van der Waals surface area contributed by atoms with Gasteiger partial charge in [0.05, 0.1) is 32.0 Å². The first-order valence-corrected chi connectivity index (χ1v) is 10.8. The summed E-state index contributed by atoms with van der Waals surface area (Å²) in [6, 6.07) is 0. The van der Waals surface area contributed by atoms with Crippen LogP contribution in [0.3, 0.4) is 0 Å². The number of carbonyl (C=O) groups excluding carboxylic acids is 2. The van der Waals surface area contributed by atoms with Crippen molar-refractivity contribution in [1.29, 1.82) is 0 Å². The Bertz CT molecular complexity index is 661. The number of rotatable bonds is 4. The zero-order valence-electron chi connectivity index (χ0n) is 16.5. The number of carbonyl (C=O) groups is 2. The van der Waals surface area contributed by atoms with E-state index < -0.39 is 5.41 Å². The SMILES string of the molecule is C[C@]12C[C@H]3O[C@H]3C[C@@H]1CC[C@@H]1[C@@H]2C(=O)C[C@]2(C)C(=O)C(COCCO)C[C@@H]12. The van der Waals surface area contributed by atoms with Crippen LogP contribution in [-0.4, -0.2) is 48.7 Å². The summed E-state index contributed by atoms with van der Waals surface area (Å²) in [6.07, 6.45) is 6.46. The van der Waals surface area contributed by atoms with Crippen LogP contribution in [0, 0.1) is 40.4 Å². The Hall–Kier alpha value is -0.780. The fourth-order valence-corrected chi connectivity index (χ4v) is 7.73. The molecule has 1 N–H and O–H groups in total. The van der Waals surface area contributed by atoms with Crippen molar-refractivity contribution in [2.24, 2.45) is 40.4 Å². The third-order valence-corrected chi connectivity index (χ3v) is 9.02. The highest BCUT2D eigenvalue weighted by atomic mass is 16.6. The number of hydrogen-bond acceptors (Lipinski definition) is 5. The van der Waals surface area contributed by atoms with Crippen LogP contribution in [-0.2, 0) is 19.1 Å². The molecule has 1 aliphatic heterocycles. The first-order chi connectivity index (χ1) is 12.9. The van der Waals surface area contributed by atoms with Gasteiger partial charge in [-0.3, -0.25) is 9.59 Å². The lowest BCUT2D eigenvalue weighted by Gasteiger charge is -2.57. The highest BCUT2D eigenvalue weighted by Crippen LogP contribution is 2.66. The van der Waals surface area contributed by atoms with Crippen molar-refractivity contribution < 1.29 is 24.2 Å². The predicted octanol–water partition coefficient (Wildman–Crippen LogP) is 2.39. The third-order valence-electron chi connectivity index (χ3n) is 9.02. The largest absolute Gasteiger partial charge is 0.394 e.